The molecule has 0 aliphatic carbocycles. The molecular weight excluding hydrogens is 218 g/mol. The fraction of sp³-hybridized carbons (Fsp3) is 0.692. The van der Waals surface area contributed by atoms with E-state index in [9.17, 15) is 0 Å². The Morgan fingerprint density at radius 1 is 1.38 bits per heavy atom. The lowest BCUT2D eigenvalue weighted by molar-refractivity contribution is 0.112. The Morgan fingerprint density at radius 2 is 2.25 bits per heavy atom. The van der Waals surface area contributed by atoms with Crippen molar-refractivity contribution < 1.29 is 4.74 Å². The molecule has 1 N–H and O–H groups in total. The van der Waals surface area contributed by atoms with Crippen LogP contribution in [0.5, 0.6) is 0 Å². The summed E-state index contributed by atoms with van der Waals surface area (Å²) in [4.78, 5) is 1.44. The summed E-state index contributed by atoms with van der Waals surface area (Å²) >= 11 is 1.83. The summed E-state index contributed by atoms with van der Waals surface area (Å²) in [6.45, 7) is 7.11. The van der Waals surface area contributed by atoms with Crippen molar-refractivity contribution in [2.45, 2.75) is 39.2 Å². The molecule has 0 fully saturated rings. The highest BCUT2D eigenvalue weighted by Crippen LogP contribution is 2.11. The first-order chi connectivity index (χ1) is 7.86. The first-order valence-corrected chi connectivity index (χ1v) is 7.08. The number of hydrogen-bond acceptors (Lipinski definition) is 3. The van der Waals surface area contributed by atoms with Crippen LogP contribution in [0, 0.1) is 0 Å². The molecule has 92 valence electrons. The van der Waals surface area contributed by atoms with Gasteiger partial charge in [-0.1, -0.05) is 19.9 Å². The van der Waals surface area contributed by atoms with E-state index in [0.29, 0.717) is 6.04 Å². The van der Waals surface area contributed by atoms with Gasteiger partial charge in [-0.3, -0.25) is 0 Å². The molecule has 2 nitrogen and oxygen atoms in total. The lowest BCUT2D eigenvalue weighted by Crippen LogP contribution is -2.35. The number of rotatable bonds is 9. The number of ether oxygens (including phenoxy) is 1. The van der Waals surface area contributed by atoms with Crippen molar-refractivity contribution in [2.24, 2.45) is 0 Å². The largest absolute Gasteiger partial charge is 0.380 e. The van der Waals surface area contributed by atoms with E-state index < -0.39 is 0 Å². The smallest absolute Gasteiger partial charge is 0.0623 e. The third-order valence-corrected chi connectivity index (χ3v) is 3.28. The SMILES string of the molecule is CCCNC(COCCC)Cc1cccs1. The third-order valence-electron chi connectivity index (χ3n) is 2.38. The van der Waals surface area contributed by atoms with Crippen LogP contribution < -0.4 is 5.32 Å². The average molecular weight is 241 g/mol. The van der Waals surface area contributed by atoms with Crippen molar-refractivity contribution in [3.8, 4) is 0 Å². The van der Waals surface area contributed by atoms with Gasteiger partial charge in [-0.15, -0.1) is 11.3 Å². The monoisotopic (exact) mass is 241 g/mol. The molecule has 3 heteroatoms. The van der Waals surface area contributed by atoms with E-state index in [-0.39, 0.29) is 0 Å². The van der Waals surface area contributed by atoms with E-state index in [2.05, 4.69) is 36.7 Å². The molecule has 0 aliphatic rings. The van der Waals surface area contributed by atoms with Gasteiger partial charge in [0, 0.05) is 17.5 Å². The van der Waals surface area contributed by atoms with Crippen LogP contribution in [-0.4, -0.2) is 25.8 Å². The fourth-order valence-corrected chi connectivity index (χ4v) is 2.37. The molecule has 1 aromatic rings. The second-order valence-corrected chi connectivity index (χ2v) is 5.04. The molecule has 0 bridgehead atoms. The Balaban J connectivity index is 2.31. The van der Waals surface area contributed by atoms with Gasteiger partial charge >= 0.3 is 0 Å². The first-order valence-electron chi connectivity index (χ1n) is 6.20. The lowest BCUT2D eigenvalue weighted by Gasteiger charge is -2.17. The standard InChI is InChI=1S/C13H23NOS/c1-3-7-14-12(11-15-8-4-2)10-13-6-5-9-16-13/h5-6,9,12,14H,3-4,7-8,10-11H2,1-2H3. The zero-order chi connectivity index (χ0) is 11.6. The Bertz CT molecular complexity index is 248. The zero-order valence-electron chi connectivity index (χ0n) is 10.4. The van der Waals surface area contributed by atoms with Gasteiger partial charge in [0.05, 0.1) is 6.61 Å². The van der Waals surface area contributed by atoms with Crippen LogP contribution in [0.3, 0.4) is 0 Å². The normalized spacial score (nSPS) is 12.9. The first kappa shape index (κ1) is 13.7. The highest BCUT2D eigenvalue weighted by atomic mass is 32.1. The van der Waals surface area contributed by atoms with E-state index in [0.717, 1.165) is 32.6 Å². The summed E-state index contributed by atoms with van der Waals surface area (Å²) in [5.41, 5.74) is 0. The fourth-order valence-electron chi connectivity index (χ4n) is 1.58. The van der Waals surface area contributed by atoms with Gasteiger partial charge in [0.1, 0.15) is 0 Å². The van der Waals surface area contributed by atoms with Crippen molar-refractivity contribution in [2.75, 3.05) is 19.8 Å². The minimum Gasteiger partial charge on any atom is -0.380 e. The van der Waals surface area contributed by atoms with Crippen molar-refractivity contribution >= 4 is 11.3 Å². The topological polar surface area (TPSA) is 21.3 Å². The molecule has 1 aromatic heterocycles. The zero-order valence-corrected chi connectivity index (χ0v) is 11.2. The summed E-state index contributed by atoms with van der Waals surface area (Å²) in [5.74, 6) is 0. The van der Waals surface area contributed by atoms with Gasteiger partial charge in [0.15, 0.2) is 0 Å². The molecular formula is C13H23NOS. The van der Waals surface area contributed by atoms with Gasteiger partial charge in [-0.05, 0) is 37.3 Å². The van der Waals surface area contributed by atoms with Crippen LogP contribution in [0.1, 0.15) is 31.6 Å². The van der Waals surface area contributed by atoms with Gasteiger partial charge in [-0.2, -0.15) is 0 Å². The maximum absolute atomic E-state index is 5.63. The molecule has 0 saturated carbocycles. The summed E-state index contributed by atoms with van der Waals surface area (Å²) in [6.07, 6.45) is 3.36. The average Bonchev–Trinajstić information content (AvgIpc) is 2.78. The molecule has 1 atom stereocenters. The van der Waals surface area contributed by atoms with E-state index in [1.54, 1.807) is 0 Å². The van der Waals surface area contributed by atoms with Crippen LogP contribution in [0.15, 0.2) is 17.5 Å². The predicted octanol–water partition coefficient (Wildman–Crippen LogP) is 3.09. The number of thiophene rings is 1. The second kappa shape index (κ2) is 8.74. The van der Waals surface area contributed by atoms with Crippen LogP contribution in [0.25, 0.3) is 0 Å². The molecule has 0 spiro atoms. The number of nitrogens with one attached hydrogen (secondary N) is 1. The van der Waals surface area contributed by atoms with Crippen molar-refractivity contribution in [3.05, 3.63) is 22.4 Å². The molecule has 0 aromatic carbocycles. The second-order valence-electron chi connectivity index (χ2n) is 4.01. The Labute approximate surface area is 103 Å². The van der Waals surface area contributed by atoms with Crippen LogP contribution in [-0.2, 0) is 11.2 Å². The van der Waals surface area contributed by atoms with Crippen molar-refractivity contribution in [1.29, 1.82) is 0 Å². The molecule has 1 unspecified atom stereocenters. The molecule has 1 rings (SSSR count). The number of hydrogen-bond donors (Lipinski definition) is 1. The van der Waals surface area contributed by atoms with Crippen LogP contribution in [0.2, 0.25) is 0 Å². The van der Waals surface area contributed by atoms with E-state index >= 15 is 0 Å². The van der Waals surface area contributed by atoms with E-state index in [1.165, 1.54) is 11.3 Å². The highest BCUT2D eigenvalue weighted by Gasteiger charge is 2.09. The molecule has 1 heterocycles. The lowest BCUT2D eigenvalue weighted by atomic mass is 10.2. The molecule has 0 radical (unpaired) electrons. The van der Waals surface area contributed by atoms with Crippen LogP contribution in [0.4, 0.5) is 0 Å². The van der Waals surface area contributed by atoms with Gasteiger partial charge in [-0.25, -0.2) is 0 Å². The van der Waals surface area contributed by atoms with Crippen molar-refractivity contribution in [1.82, 2.24) is 5.32 Å². The molecule has 0 aliphatic heterocycles. The quantitative estimate of drug-likeness (QED) is 0.671. The van der Waals surface area contributed by atoms with Gasteiger partial charge in [0.25, 0.3) is 0 Å². The summed E-state index contributed by atoms with van der Waals surface area (Å²) < 4.78 is 5.63. The third kappa shape index (κ3) is 5.64. The predicted molar refractivity (Wildman–Crippen MR) is 71.2 cm³/mol. The highest BCUT2D eigenvalue weighted by molar-refractivity contribution is 7.09. The Kier molecular flexibility index (Phi) is 7.47. The van der Waals surface area contributed by atoms with Gasteiger partial charge < -0.3 is 10.1 Å². The Morgan fingerprint density at radius 3 is 2.88 bits per heavy atom. The maximum Gasteiger partial charge on any atom is 0.0623 e. The summed E-state index contributed by atoms with van der Waals surface area (Å²) in [7, 11) is 0. The summed E-state index contributed by atoms with van der Waals surface area (Å²) in [5, 5.41) is 5.69. The minimum absolute atomic E-state index is 0.463. The molecule has 0 saturated heterocycles. The minimum atomic E-state index is 0.463. The molecule has 16 heavy (non-hydrogen) atoms. The van der Waals surface area contributed by atoms with E-state index in [4.69, 9.17) is 4.74 Å². The summed E-state index contributed by atoms with van der Waals surface area (Å²) in [6, 6.07) is 4.78. The maximum atomic E-state index is 5.63. The van der Waals surface area contributed by atoms with E-state index in [1.807, 2.05) is 11.3 Å². The van der Waals surface area contributed by atoms with Crippen LogP contribution >= 0.6 is 11.3 Å². The molecule has 0 amide bonds. The van der Waals surface area contributed by atoms with Crippen molar-refractivity contribution in [3.63, 3.8) is 0 Å². The van der Waals surface area contributed by atoms with Gasteiger partial charge in [0.2, 0.25) is 0 Å². The Hall–Kier alpha value is -0.380.